The van der Waals surface area contributed by atoms with Crippen LogP contribution < -0.4 is 9.47 Å². The third kappa shape index (κ3) is 10.4. The number of ether oxygens (including phenoxy) is 4. The maximum absolute atomic E-state index is 15.0. The van der Waals surface area contributed by atoms with Crippen LogP contribution in [0.2, 0.25) is 0 Å². The van der Waals surface area contributed by atoms with Gasteiger partial charge in [0.15, 0.2) is 22.8 Å². The van der Waals surface area contributed by atoms with E-state index in [2.05, 4.69) is 27.0 Å². The Balaban J connectivity index is 1.68. The number of unbranched alkanes of at least 4 members (excludes halogenated alkanes) is 6. The molecule has 1 aromatic carbocycles. The fourth-order valence-electron chi connectivity index (χ4n) is 5.25. The van der Waals surface area contributed by atoms with E-state index in [-0.39, 0.29) is 5.75 Å². The first-order valence-electron chi connectivity index (χ1n) is 16.5. The van der Waals surface area contributed by atoms with Gasteiger partial charge < -0.3 is 29.2 Å². The highest BCUT2D eigenvalue weighted by atomic mass is 19.1. The molecule has 3 rings (SSSR count). The van der Waals surface area contributed by atoms with Crippen molar-refractivity contribution in [2.24, 2.45) is 0 Å². The van der Waals surface area contributed by atoms with Gasteiger partial charge in [0.1, 0.15) is 17.0 Å². The Morgan fingerprint density at radius 3 is 1.49 bits per heavy atom. The molecule has 0 atom stereocenters. The van der Waals surface area contributed by atoms with E-state index in [1.807, 2.05) is 0 Å². The average Bonchev–Trinajstić information content (AvgIpc) is 3.09. The number of hydrogen-bond donors (Lipinski definition) is 2. The molecule has 2 N–H and O–H groups in total. The van der Waals surface area contributed by atoms with Crippen molar-refractivity contribution in [2.45, 2.75) is 100 Å². The van der Waals surface area contributed by atoms with Gasteiger partial charge in [-0.3, -0.25) is 0 Å². The van der Waals surface area contributed by atoms with E-state index in [4.69, 9.17) is 18.9 Å². The van der Waals surface area contributed by atoms with Crippen molar-refractivity contribution in [2.75, 3.05) is 0 Å². The van der Waals surface area contributed by atoms with Crippen LogP contribution in [0.15, 0.2) is 92.1 Å². The maximum Gasteiger partial charge on any atom is 0.351 e. The monoisotopic (exact) mass is 680 g/mol. The van der Waals surface area contributed by atoms with Gasteiger partial charge in [-0.1, -0.05) is 65.5 Å². The highest BCUT2D eigenvalue weighted by molar-refractivity contribution is 5.88. The summed E-state index contributed by atoms with van der Waals surface area (Å²) in [7, 11) is 0. The van der Waals surface area contributed by atoms with Crippen molar-refractivity contribution >= 4 is 23.9 Å². The van der Waals surface area contributed by atoms with Crippen molar-refractivity contribution in [1.82, 2.24) is 0 Å². The van der Waals surface area contributed by atoms with Crippen LogP contribution in [-0.2, 0) is 28.7 Å². The molecule has 264 valence electrons. The lowest BCUT2D eigenvalue weighted by Gasteiger charge is -2.33. The zero-order chi connectivity index (χ0) is 36.1. The van der Waals surface area contributed by atoms with Crippen LogP contribution in [0.1, 0.15) is 78.1 Å². The first-order chi connectivity index (χ1) is 23.3. The first kappa shape index (κ1) is 38.8. The predicted octanol–water partition coefficient (Wildman–Crippen LogP) is 6.23. The summed E-state index contributed by atoms with van der Waals surface area (Å²) in [4.78, 5) is 49.9. The fraction of sp³-hybridized carbons (Fsp3) is 0.421. The average molecular weight is 681 g/mol. The second-order valence-corrected chi connectivity index (χ2v) is 12.1. The van der Waals surface area contributed by atoms with Crippen molar-refractivity contribution in [3.8, 4) is 11.5 Å². The summed E-state index contributed by atoms with van der Waals surface area (Å²) in [6, 6.07) is 2.93. The second-order valence-electron chi connectivity index (χ2n) is 12.1. The zero-order valence-electron chi connectivity index (χ0n) is 28.0. The molecule has 0 heterocycles. The highest BCUT2D eigenvalue weighted by Crippen LogP contribution is 2.34. The van der Waals surface area contributed by atoms with Crippen molar-refractivity contribution in [3.05, 3.63) is 97.9 Å². The topological polar surface area (TPSA) is 146 Å². The third-order valence-electron chi connectivity index (χ3n) is 8.21. The van der Waals surface area contributed by atoms with E-state index < -0.39 is 57.8 Å². The summed E-state index contributed by atoms with van der Waals surface area (Å²) >= 11 is 0. The van der Waals surface area contributed by atoms with Gasteiger partial charge >= 0.3 is 23.9 Å². The highest BCUT2D eigenvalue weighted by Gasteiger charge is 2.42. The Hall–Kier alpha value is -4.61. The van der Waals surface area contributed by atoms with Gasteiger partial charge in [-0.2, -0.15) is 0 Å². The SMILES string of the molecule is C=CC(=O)OC1(CCCCCC)C=CC(O)(C(=O)Oc2ccc(OC(=O)C3(O)C=CC(CCCCCC)(OC(=O)C=C)C=C3)c(F)c2)C=C1. The molecule has 2 aliphatic rings. The molecule has 0 radical (unpaired) electrons. The lowest BCUT2D eigenvalue weighted by Crippen LogP contribution is -2.43. The molecule has 0 aromatic heterocycles. The summed E-state index contributed by atoms with van der Waals surface area (Å²) in [6.07, 6.45) is 20.2. The molecule has 49 heavy (non-hydrogen) atoms. The molecular weight excluding hydrogens is 635 g/mol. The molecule has 0 aliphatic heterocycles. The molecule has 0 saturated heterocycles. The van der Waals surface area contributed by atoms with Crippen LogP contribution in [-0.4, -0.2) is 56.5 Å². The van der Waals surface area contributed by atoms with Gasteiger partial charge in [0.05, 0.1) is 0 Å². The number of esters is 4. The van der Waals surface area contributed by atoms with E-state index in [1.165, 1.54) is 24.3 Å². The number of halogens is 1. The Morgan fingerprint density at radius 2 is 1.10 bits per heavy atom. The minimum atomic E-state index is -2.29. The van der Waals surface area contributed by atoms with Crippen LogP contribution in [0.25, 0.3) is 0 Å². The second kappa shape index (κ2) is 17.2. The molecule has 2 aliphatic carbocycles. The lowest BCUT2D eigenvalue weighted by atomic mass is 9.85. The molecule has 1 aromatic rings. The van der Waals surface area contributed by atoms with Crippen molar-refractivity contribution < 1.29 is 52.7 Å². The van der Waals surface area contributed by atoms with Gasteiger partial charge in [0.2, 0.25) is 0 Å². The number of rotatable bonds is 18. The van der Waals surface area contributed by atoms with Crippen LogP contribution in [0, 0.1) is 5.82 Å². The zero-order valence-corrected chi connectivity index (χ0v) is 28.0. The Labute approximate surface area is 286 Å². The van der Waals surface area contributed by atoms with Crippen LogP contribution in [0.3, 0.4) is 0 Å². The van der Waals surface area contributed by atoms with Gasteiger partial charge in [0.25, 0.3) is 0 Å². The van der Waals surface area contributed by atoms with Crippen LogP contribution in [0.5, 0.6) is 11.5 Å². The number of hydrogen-bond acceptors (Lipinski definition) is 10. The maximum atomic E-state index is 15.0. The quantitative estimate of drug-likeness (QED) is 0.0602. The van der Waals surface area contributed by atoms with E-state index in [1.54, 1.807) is 0 Å². The summed E-state index contributed by atoms with van der Waals surface area (Å²) < 4.78 is 36.4. The normalized spacial score (nSPS) is 25.3. The van der Waals surface area contributed by atoms with E-state index >= 15 is 4.39 Å². The molecular formula is C38H45FO10. The summed E-state index contributed by atoms with van der Waals surface area (Å²) in [6.45, 7) is 11.0. The Morgan fingerprint density at radius 1 is 0.673 bits per heavy atom. The Kier molecular flexibility index (Phi) is 13.6. The van der Waals surface area contributed by atoms with Gasteiger partial charge in [-0.25, -0.2) is 23.6 Å². The van der Waals surface area contributed by atoms with Crippen molar-refractivity contribution in [1.29, 1.82) is 0 Å². The molecule has 0 saturated carbocycles. The molecule has 0 spiro atoms. The summed E-state index contributed by atoms with van der Waals surface area (Å²) in [5, 5.41) is 21.9. The minimum absolute atomic E-state index is 0.305. The summed E-state index contributed by atoms with van der Waals surface area (Å²) in [5.41, 5.74) is -6.94. The standard InChI is InChI=1S/C38H45FO10/c1-5-9-11-13-17-35(48-31(40)7-3)19-23-37(44,24-20-35)33(42)46-28-15-16-30(29(39)27-28)47-34(43)38(45)25-21-36(22-26-38,49-32(41)8-4)18-14-12-10-6-2/h7-8,15-16,19-27,44-45H,3-6,9-14,17-18H2,1-2H3. The smallest absolute Gasteiger partial charge is 0.351 e. The Bertz CT molecular complexity index is 1490. The van der Waals surface area contributed by atoms with Gasteiger partial charge in [-0.05, 0) is 86.4 Å². The van der Waals surface area contributed by atoms with Gasteiger partial charge in [0, 0.05) is 18.2 Å². The van der Waals surface area contributed by atoms with E-state index in [9.17, 15) is 29.4 Å². The number of benzene rings is 1. The largest absolute Gasteiger partial charge is 0.447 e. The molecule has 10 nitrogen and oxygen atoms in total. The predicted molar refractivity (Wildman–Crippen MR) is 180 cm³/mol. The molecule has 0 amide bonds. The number of carbonyl (C=O) groups excluding carboxylic acids is 4. The molecule has 0 bridgehead atoms. The molecule has 11 heteroatoms. The van der Waals surface area contributed by atoms with E-state index in [0.717, 1.165) is 99.6 Å². The number of aliphatic hydroxyl groups is 2. The third-order valence-corrected chi connectivity index (χ3v) is 8.21. The molecule has 0 unspecified atom stereocenters. The summed E-state index contributed by atoms with van der Waals surface area (Å²) in [5.74, 6) is -5.72. The van der Waals surface area contributed by atoms with E-state index in [0.29, 0.717) is 19.3 Å². The first-order valence-corrected chi connectivity index (χ1v) is 16.5. The van der Waals surface area contributed by atoms with Crippen LogP contribution in [0.4, 0.5) is 4.39 Å². The van der Waals surface area contributed by atoms with Crippen molar-refractivity contribution in [3.63, 3.8) is 0 Å². The number of carbonyl (C=O) groups is 4. The minimum Gasteiger partial charge on any atom is -0.447 e. The van der Waals surface area contributed by atoms with Gasteiger partial charge in [-0.15, -0.1) is 0 Å². The van der Waals surface area contributed by atoms with Crippen LogP contribution >= 0.6 is 0 Å². The lowest BCUT2D eigenvalue weighted by molar-refractivity contribution is -0.149. The fourth-order valence-corrected chi connectivity index (χ4v) is 5.25. The molecule has 0 fully saturated rings.